The van der Waals surface area contributed by atoms with E-state index in [-0.39, 0.29) is 47.4 Å². The zero-order chi connectivity index (χ0) is 33.6. The topological polar surface area (TPSA) is 84.9 Å². The number of anilines is 1. The maximum atomic E-state index is 17.0. The van der Waals surface area contributed by atoms with Crippen molar-refractivity contribution < 1.29 is 24.4 Å². The van der Waals surface area contributed by atoms with Crippen molar-refractivity contribution in [1.82, 2.24) is 24.8 Å². The number of aryl methyl sites for hydroxylation is 1. The van der Waals surface area contributed by atoms with Crippen LogP contribution in [0.5, 0.6) is 11.8 Å². The van der Waals surface area contributed by atoms with Gasteiger partial charge in [0.15, 0.2) is 12.6 Å². The highest BCUT2D eigenvalue weighted by Crippen LogP contribution is 2.42. The molecule has 11 heteroatoms. The van der Waals surface area contributed by atoms with Crippen LogP contribution in [0.25, 0.3) is 32.9 Å². The van der Waals surface area contributed by atoms with Gasteiger partial charge in [-0.25, -0.2) is 8.78 Å². The molecular weight excluding hydrogens is 602 g/mol. The van der Waals surface area contributed by atoms with E-state index in [9.17, 15) is 0 Å². The van der Waals surface area contributed by atoms with Gasteiger partial charge in [-0.1, -0.05) is 13.0 Å². The summed E-state index contributed by atoms with van der Waals surface area (Å²) in [7, 11) is 5.68. The molecule has 2 atom stereocenters. The lowest BCUT2D eigenvalue weighted by Crippen LogP contribution is -2.54. The second-order valence-electron chi connectivity index (χ2n) is 13.4. The molecule has 4 aromatic rings. The Morgan fingerprint density at radius 1 is 1.06 bits per heavy atom. The van der Waals surface area contributed by atoms with Gasteiger partial charge in [0.1, 0.15) is 35.2 Å². The standard InChI is InChI=1S/C36H44F2N6O3/c1-5-25-28(37)10-9-23-17-24(47-22-45-4)18-26(29(23)25)31-30(38)32-27(19-39-31)33(40-20-35(43(2)3)11-6-12-35)42-34(41-32)46-21-36-13-7-15-44(36)16-8-14-36/h9-10,17-19H,5-8,11-16,20-22H2,1-4H3,(H,40,41,42)/i15D/t15-,36+/m1/s1. The normalized spacial score (nSPS) is 22.4. The first-order chi connectivity index (χ1) is 23.2. The van der Waals surface area contributed by atoms with Crippen LogP contribution in [0.15, 0.2) is 30.5 Å². The van der Waals surface area contributed by atoms with Crippen LogP contribution in [0.4, 0.5) is 14.6 Å². The summed E-state index contributed by atoms with van der Waals surface area (Å²) in [5.41, 5.74) is 0.709. The van der Waals surface area contributed by atoms with Gasteiger partial charge in [0.25, 0.3) is 0 Å². The van der Waals surface area contributed by atoms with Gasteiger partial charge in [-0.2, -0.15) is 9.97 Å². The third-order valence-corrected chi connectivity index (χ3v) is 10.7. The van der Waals surface area contributed by atoms with E-state index in [2.05, 4.69) is 39.2 Å². The molecule has 9 nitrogen and oxygen atoms in total. The zero-order valence-corrected chi connectivity index (χ0v) is 27.7. The van der Waals surface area contributed by atoms with Crippen LogP contribution in [-0.2, 0) is 11.2 Å². The Morgan fingerprint density at radius 3 is 2.64 bits per heavy atom. The third kappa shape index (κ3) is 5.66. The number of nitrogens with zero attached hydrogens (tertiary/aromatic N) is 5. The average molecular weight is 648 g/mol. The number of nitrogens with one attached hydrogen (secondary N) is 1. The third-order valence-electron chi connectivity index (χ3n) is 10.7. The highest BCUT2D eigenvalue weighted by molar-refractivity contribution is 6.01. The lowest BCUT2D eigenvalue weighted by atomic mass is 9.75. The second-order valence-corrected chi connectivity index (χ2v) is 13.4. The maximum absolute atomic E-state index is 17.0. The van der Waals surface area contributed by atoms with Gasteiger partial charge in [-0.15, -0.1) is 0 Å². The van der Waals surface area contributed by atoms with Crippen LogP contribution in [-0.4, -0.2) is 90.0 Å². The Kier molecular flexibility index (Phi) is 8.31. The zero-order valence-electron chi connectivity index (χ0n) is 28.7. The van der Waals surface area contributed by atoms with Gasteiger partial charge in [0.2, 0.25) is 0 Å². The molecule has 0 amide bonds. The van der Waals surface area contributed by atoms with Crippen molar-refractivity contribution in [3.05, 3.63) is 47.7 Å². The largest absolute Gasteiger partial charge is 0.468 e. The molecule has 2 aliphatic heterocycles. The molecule has 0 bridgehead atoms. The van der Waals surface area contributed by atoms with Gasteiger partial charge in [0, 0.05) is 32.3 Å². The van der Waals surface area contributed by atoms with E-state index in [0.717, 1.165) is 51.5 Å². The Labute approximate surface area is 276 Å². The Morgan fingerprint density at radius 2 is 1.89 bits per heavy atom. The van der Waals surface area contributed by atoms with E-state index in [1.54, 1.807) is 24.4 Å². The van der Waals surface area contributed by atoms with Crippen LogP contribution >= 0.6 is 0 Å². The van der Waals surface area contributed by atoms with Crippen LogP contribution in [0.2, 0.25) is 0 Å². The fourth-order valence-electron chi connectivity index (χ4n) is 7.70. The maximum Gasteiger partial charge on any atom is 0.319 e. The van der Waals surface area contributed by atoms with E-state index in [1.807, 2.05) is 6.92 Å². The smallest absolute Gasteiger partial charge is 0.319 e. The predicted octanol–water partition coefficient (Wildman–Crippen LogP) is 6.57. The minimum atomic E-state index is -0.655. The van der Waals surface area contributed by atoms with E-state index < -0.39 is 5.82 Å². The summed E-state index contributed by atoms with van der Waals surface area (Å²) >= 11 is 0. The number of fused-ring (bicyclic) bond motifs is 3. The molecule has 0 radical (unpaired) electrons. The highest BCUT2D eigenvalue weighted by atomic mass is 19.1. The first-order valence-corrected chi connectivity index (χ1v) is 16.7. The van der Waals surface area contributed by atoms with Crippen LogP contribution < -0.4 is 14.8 Å². The first-order valence-electron chi connectivity index (χ1n) is 17.2. The Hall–Kier alpha value is -3.67. The Balaban J connectivity index is 1.35. The molecule has 1 aliphatic carbocycles. The number of hydrogen-bond acceptors (Lipinski definition) is 9. The predicted molar refractivity (Wildman–Crippen MR) is 179 cm³/mol. The summed E-state index contributed by atoms with van der Waals surface area (Å²) in [5, 5.41) is 5.21. The van der Waals surface area contributed by atoms with E-state index in [1.165, 1.54) is 13.2 Å². The summed E-state index contributed by atoms with van der Waals surface area (Å²) in [5.74, 6) is -0.120. The van der Waals surface area contributed by atoms with Gasteiger partial charge in [-0.3, -0.25) is 9.88 Å². The number of benzene rings is 2. The average Bonchev–Trinajstić information content (AvgIpc) is 3.62. The van der Waals surface area contributed by atoms with Crippen molar-refractivity contribution in [2.24, 2.45) is 0 Å². The molecule has 4 heterocycles. The number of hydrogen-bond donors (Lipinski definition) is 1. The molecule has 3 aliphatic rings. The summed E-state index contributed by atoms with van der Waals surface area (Å²) in [6.07, 6.45) is 8.87. The molecule has 2 aromatic heterocycles. The molecule has 0 spiro atoms. The van der Waals surface area contributed by atoms with Crippen LogP contribution in [0.1, 0.15) is 58.8 Å². The number of methoxy groups -OCH3 is 1. The highest BCUT2D eigenvalue weighted by Gasteiger charge is 2.45. The van der Waals surface area contributed by atoms with Crippen LogP contribution in [0.3, 0.4) is 0 Å². The summed E-state index contributed by atoms with van der Waals surface area (Å²) in [6.45, 7) is 3.46. The summed E-state index contributed by atoms with van der Waals surface area (Å²) in [6, 6.07) is 6.63. The van der Waals surface area contributed by atoms with Crippen molar-refractivity contribution in [2.45, 2.75) is 69.4 Å². The SMILES string of the molecule is [2H][C@@H]1CC[C@@]2(COc3nc(NCC4(N(C)C)CCC4)c4cnc(-c5cc(OCOC)cc6ccc(F)c(CC)c56)c(F)c4n3)CCCN12. The lowest BCUT2D eigenvalue weighted by molar-refractivity contribution is 0.0512. The minimum absolute atomic E-state index is 0.00230. The van der Waals surface area contributed by atoms with E-state index in [4.69, 9.17) is 20.6 Å². The monoisotopic (exact) mass is 647 g/mol. The second kappa shape index (κ2) is 12.7. The number of pyridine rings is 1. The first kappa shape index (κ1) is 30.7. The van der Waals surface area contributed by atoms with Gasteiger partial charge >= 0.3 is 6.01 Å². The summed E-state index contributed by atoms with van der Waals surface area (Å²) < 4.78 is 57.9. The molecule has 1 saturated carbocycles. The quantitative estimate of drug-likeness (QED) is 0.172. The number of likely N-dealkylation sites (N-methyl/N-ethyl adjacent to an activating group) is 1. The fourth-order valence-corrected chi connectivity index (χ4v) is 7.70. The molecule has 2 aromatic carbocycles. The molecule has 7 rings (SSSR count). The minimum Gasteiger partial charge on any atom is -0.468 e. The number of halogens is 2. The van der Waals surface area contributed by atoms with Gasteiger partial charge in [-0.05, 0) is 113 Å². The fraction of sp³-hybridized carbons (Fsp3) is 0.528. The number of rotatable bonds is 12. The molecule has 0 unspecified atom stereocenters. The number of ether oxygens (including phenoxy) is 3. The van der Waals surface area contributed by atoms with Crippen molar-refractivity contribution >= 4 is 27.5 Å². The van der Waals surface area contributed by atoms with Crippen molar-refractivity contribution in [1.29, 1.82) is 0 Å². The van der Waals surface area contributed by atoms with Crippen molar-refractivity contribution in [3.63, 3.8) is 0 Å². The van der Waals surface area contributed by atoms with Crippen molar-refractivity contribution in [2.75, 3.05) is 59.5 Å². The lowest BCUT2D eigenvalue weighted by Gasteiger charge is -2.47. The van der Waals surface area contributed by atoms with Crippen LogP contribution in [0, 0.1) is 11.6 Å². The molecular formula is C36H44F2N6O3. The van der Waals surface area contributed by atoms with E-state index >= 15 is 8.78 Å². The Bertz CT molecular complexity index is 1840. The molecule has 1 N–H and O–H groups in total. The van der Waals surface area contributed by atoms with Gasteiger partial charge < -0.3 is 24.4 Å². The molecule has 250 valence electrons. The molecule has 47 heavy (non-hydrogen) atoms. The molecule has 3 fully saturated rings. The molecule has 2 saturated heterocycles. The summed E-state index contributed by atoms with van der Waals surface area (Å²) in [4.78, 5) is 18.5. The number of aromatic nitrogens is 3. The van der Waals surface area contributed by atoms with E-state index in [0.29, 0.717) is 58.4 Å². The van der Waals surface area contributed by atoms with Crippen molar-refractivity contribution in [3.8, 4) is 23.0 Å². The van der Waals surface area contributed by atoms with Gasteiger partial charge in [0.05, 0.1) is 10.9 Å².